The van der Waals surface area contributed by atoms with Crippen molar-refractivity contribution in [3.05, 3.63) is 41.7 Å². The summed E-state index contributed by atoms with van der Waals surface area (Å²) in [5, 5.41) is 0. The molecule has 0 aromatic rings. The molecule has 0 aliphatic heterocycles. The van der Waals surface area contributed by atoms with Crippen molar-refractivity contribution in [2.24, 2.45) is 0 Å². The lowest BCUT2D eigenvalue weighted by atomic mass is 10.3. The first kappa shape index (κ1) is 5.14. The van der Waals surface area contributed by atoms with Gasteiger partial charge in [0.05, 0.1) is 0 Å². The third-order valence-electron chi connectivity index (χ3n) is 0.994. The standard InChI is InChI=1S/C8H8/c1-8-6-4-2-3-5-7-8/h2,4-7H,1H3. The fourth-order valence-corrected chi connectivity index (χ4v) is 0.546. The molecule has 0 fully saturated rings. The highest BCUT2D eigenvalue weighted by atomic mass is 13.8. The van der Waals surface area contributed by atoms with Gasteiger partial charge in [0.25, 0.3) is 0 Å². The van der Waals surface area contributed by atoms with Crippen LogP contribution in [0.25, 0.3) is 0 Å². The summed E-state index contributed by atoms with van der Waals surface area (Å²) in [6.07, 6.45) is 9.87. The van der Waals surface area contributed by atoms with Gasteiger partial charge in [0.1, 0.15) is 0 Å². The minimum atomic E-state index is 1.27. The Labute approximate surface area is 49.5 Å². The van der Waals surface area contributed by atoms with Crippen LogP contribution in [-0.4, -0.2) is 0 Å². The van der Waals surface area contributed by atoms with Crippen molar-refractivity contribution in [1.29, 1.82) is 0 Å². The molecule has 0 aromatic carbocycles. The normalized spacial score (nSPS) is 15.9. The number of hydrogen-bond acceptors (Lipinski definition) is 0. The van der Waals surface area contributed by atoms with Gasteiger partial charge in [-0.25, -0.2) is 0 Å². The van der Waals surface area contributed by atoms with Gasteiger partial charge in [-0.3, -0.25) is 0 Å². The summed E-state index contributed by atoms with van der Waals surface area (Å²) in [7, 11) is 0. The van der Waals surface area contributed by atoms with Crippen molar-refractivity contribution < 1.29 is 0 Å². The Bertz CT molecular complexity index is 186. The van der Waals surface area contributed by atoms with Crippen LogP contribution in [0.1, 0.15) is 6.92 Å². The first-order valence-corrected chi connectivity index (χ1v) is 2.65. The van der Waals surface area contributed by atoms with Gasteiger partial charge < -0.3 is 0 Å². The maximum Gasteiger partial charge on any atom is -0.0197 e. The van der Waals surface area contributed by atoms with E-state index in [1.165, 1.54) is 5.57 Å². The molecule has 0 spiro atoms. The number of rotatable bonds is 0. The summed E-state index contributed by atoms with van der Waals surface area (Å²) < 4.78 is 0. The molecule has 0 heteroatoms. The van der Waals surface area contributed by atoms with E-state index in [1.807, 2.05) is 24.3 Å². The SMILES string of the molecule is CC1=CC=C=CC=C1. The highest BCUT2D eigenvalue weighted by molar-refractivity contribution is 5.27. The van der Waals surface area contributed by atoms with E-state index < -0.39 is 0 Å². The van der Waals surface area contributed by atoms with Crippen molar-refractivity contribution in [2.75, 3.05) is 0 Å². The molecule has 0 heterocycles. The highest BCUT2D eigenvalue weighted by Crippen LogP contribution is 1.97. The van der Waals surface area contributed by atoms with Crippen LogP contribution < -0.4 is 0 Å². The Balaban J connectivity index is 2.90. The lowest BCUT2D eigenvalue weighted by Gasteiger charge is -1.80. The molecule has 0 radical (unpaired) electrons. The van der Waals surface area contributed by atoms with E-state index in [4.69, 9.17) is 0 Å². The topological polar surface area (TPSA) is 0 Å². The fraction of sp³-hybridized carbons (Fsp3) is 0.125. The summed E-state index contributed by atoms with van der Waals surface area (Å²) in [5.74, 6) is 0. The van der Waals surface area contributed by atoms with Gasteiger partial charge in [0.15, 0.2) is 0 Å². The van der Waals surface area contributed by atoms with Gasteiger partial charge in [0.2, 0.25) is 0 Å². The Kier molecular flexibility index (Phi) is 1.51. The van der Waals surface area contributed by atoms with Crippen molar-refractivity contribution >= 4 is 0 Å². The predicted octanol–water partition coefficient (Wildman–Crippen LogP) is 2.21. The molecule has 8 heavy (non-hydrogen) atoms. The minimum Gasteiger partial charge on any atom is -0.121 e. The molecule has 0 aromatic heterocycles. The van der Waals surface area contributed by atoms with E-state index in [0.717, 1.165) is 0 Å². The zero-order valence-electron chi connectivity index (χ0n) is 4.89. The second-order valence-electron chi connectivity index (χ2n) is 1.77. The van der Waals surface area contributed by atoms with Crippen molar-refractivity contribution in [2.45, 2.75) is 6.92 Å². The van der Waals surface area contributed by atoms with E-state index in [9.17, 15) is 0 Å². The molecule has 1 aliphatic rings. The van der Waals surface area contributed by atoms with E-state index >= 15 is 0 Å². The third kappa shape index (κ3) is 1.25. The Morgan fingerprint density at radius 3 is 3.12 bits per heavy atom. The molecule has 1 rings (SSSR count). The summed E-state index contributed by atoms with van der Waals surface area (Å²) in [5.41, 5.74) is 4.23. The molecular weight excluding hydrogens is 96.1 g/mol. The van der Waals surface area contributed by atoms with E-state index in [2.05, 4.69) is 18.7 Å². The first-order chi connectivity index (χ1) is 3.89. The molecule has 1 aliphatic carbocycles. The molecule has 0 N–H and O–H groups in total. The van der Waals surface area contributed by atoms with E-state index in [-0.39, 0.29) is 0 Å². The van der Waals surface area contributed by atoms with Gasteiger partial charge >= 0.3 is 0 Å². The van der Waals surface area contributed by atoms with Crippen molar-refractivity contribution in [3.8, 4) is 0 Å². The number of hydrogen-bond donors (Lipinski definition) is 0. The predicted molar refractivity (Wildman–Crippen MR) is 35.5 cm³/mol. The van der Waals surface area contributed by atoms with Crippen LogP contribution in [0, 0.1) is 0 Å². The van der Waals surface area contributed by atoms with Crippen LogP contribution in [0.15, 0.2) is 41.7 Å². The fourth-order valence-electron chi connectivity index (χ4n) is 0.546. The first-order valence-electron chi connectivity index (χ1n) is 2.65. The second kappa shape index (κ2) is 2.34. The van der Waals surface area contributed by atoms with Gasteiger partial charge in [-0.15, -0.1) is 5.73 Å². The van der Waals surface area contributed by atoms with Crippen LogP contribution >= 0.6 is 0 Å². The minimum absolute atomic E-state index is 1.27. The van der Waals surface area contributed by atoms with E-state index in [0.29, 0.717) is 0 Å². The Morgan fingerprint density at radius 2 is 2.25 bits per heavy atom. The van der Waals surface area contributed by atoms with Crippen LogP contribution in [-0.2, 0) is 0 Å². The summed E-state index contributed by atoms with van der Waals surface area (Å²) in [6, 6.07) is 0. The van der Waals surface area contributed by atoms with Crippen LogP contribution in [0.3, 0.4) is 0 Å². The second-order valence-corrected chi connectivity index (χ2v) is 1.77. The molecule has 0 saturated heterocycles. The highest BCUT2D eigenvalue weighted by Gasteiger charge is 1.76. The lowest BCUT2D eigenvalue weighted by Crippen LogP contribution is -1.60. The Hall–Kier alpha value is -1.00. The lowest BCUT2D eigenvalue weighted by molar-refractivity contribution is 1.53. The summed E-state index contributed by atoms with van der Waals surface area (Å²) in [4.78, 5) is 0. The molecule has 40 valence electrons. The van der Waals surface area contributed by atoms with Crippen molar-refractivity contribution in [3.63, 3.8) is 0 Å². The average Bonchev–Trinajstić information content (AvgIpc) is 1.94. The van der Waals surface area contributed by atoms with Gasteiger partial charge in [-0.1, -0.05) is 23.8 Å². The third-order valence-corrected chi connectivity index (χ3v) is 0.994. The van der Waals surface area contributed by atoms with Crippen LogP contribution in [0.4, 0.5) is 0 Å². The quantitative estimate of drug-likeness (QED) is 0.413. The molecule has 0 unspecified atom stereocenters. The smallest absolute Gasteiger partial charge is 0.0197 e. The zero-order valence-corrected chi connectivity index (χ0v) is 4.89. The monoisotopic (exact) mass is 104 g/mol. The van der Waals surface area contributed by atoms with Crippen molar-refractivity contribution in [1.82, 2.24) is 0 Å². The summed E-state index contributed by atoms with van der Waals surface area (Å²) in [6.45, 7) is 2.06. The largest absolute Gasteiger partial charge is 0.121 e. The molecular formula is C8H8. The maximum atomic E-state index is 2.96. The molecule has 0 amide bonds. The average molecular weight is 104 g/mol. The van der Waals surface area contributed by atoms with Crippen LogP contribution in [0.5, 0.6) is 0 Å². The van der Waals surface area contributed by atoms with Gasteiger partial charge in [-0.05, 0) is 19.1 Å². The van der Waals surface area contributed by atoms with Gasteiger partial charge in [-0.2, -0.15) is 0 Å². The summed E-state index contributed by atoms with van der Waals surface area (Å²) >= 11 is 0. The number of allylic oxidation sites excluding steroid dienone is 5. The molecule has 0 saturated carbocycles. The Morgan fingerprint density at radius 1 is 1.38 bits per heavy atom. The molecule has 0 atom stereocenters. The zero-order chi connectivity index (χ0) is 5.82. The maximum absolute atomic E-state index is 2.96. The molecule has 0 bridgehead atoms. The van der Waals surface area contributed by atoms with E-state index in [1.54, 1.807) is 0 Å². The van der Waals surface area contributed by atoms with Gasteiger partial charge in [0, 0.05) is 0 Å². The van der Waals surface area contributed by atoms with Crippen LogP contribution in [0.2, 0.25) is 0 Å². The molecule has 0 nitrogen and oxygen atoms in total.